The van der Waals surface area contributed by atoms with Gasteiger partial charge >= 0.3 is 0 Å². The van der Waals surface area contributed by atoms with E-state index < -0.39 is 0 Å². The molecular weight excluding hydrogens is 282 g/mol. The lowest BCUT2D eigenvalue weighted by Gasteiger charge is -2.08. The molecule has 0 heterocycles. The first kappa shape index (κ1) is 13.5. The molecule has 110 valence electrons. The summed E-state index contributed by atoms with van der Waals surface area (Å²) in [5.74, 6) is -0.0919. The van der Waals surface area contributed by atoms with Gasteiger partial charge in [-0.15, -0.1) is 0 Å². The highest BCUT2D eigenvalue weighted by atomic mass is 16.1. The van der Waals surface area contributed by atoms with Gasteiger partial charge in [0.1, 0.15) is 0 Å². The maximum absolute atomic E-state index is 12.3. The van der Waals surface area contributed by atoms with Crippen LogP contribution in [0.3, 0.4) is 0 Å². The number of amides is 1. The first-order valence-corrected chi connectivity index (χ1v) is 7.58. The van der Waals surface area contributed by atoms with Gasteiger partial charge < -0.3 is 5.32 Å². The summed E-state index contributed by atoms with van der Waals surface area (Å²) in [5.41, 5.74) is 1.47. The number of carbonyl (C=O) groups excluding carboxylic acids is 1. The lowest BCUT2D eigenvalue weighted by Crippen LogP contribution is -2.11. The second kappa shape index (κ2) is 5.58. The molecule has 0 atom stereocenters. The molecule has 0 saturated heterocycles. The molecule has 4 aromatic carbocycles. The predicted molar refractivity (Wildman–Crippen MR) is 95.8 cm³/mol. The van der Waals surface area contributed by atoms with Crippen molar-refractivity contribution in [3.05, 3.63) is 90.5 Å². The predicted octanol–water partition coefficient (Wildman–Crippen LogP) is 5.25. The average Bonchev–Trinajstić information content (AvgIpc) is 2.60. The van der Waals surface area contributed by atoms with Crippen molar-refractivity contribution in [2.45, 2.75) is 0 Å². The summed E-state index contributed by atoms with van der Waals surface area (Å²) in [7, 11) is 0. The van der Waals surface area contributed by atoms with Gasteiger partial charge in [0.25, 0.3) is 5.91 Å². The molecule has 0 aliphatic carbocycles. The molecule has 0 aliphatic rings. The molecule has 0 spiro atoms. The zero-order chi connectivity index (χ0) is 15.6. The molecule has 0 fully saturated rings. The summed E-state index contributed by atoms with van der Waals surface area (Å²) in [6, 6.07) is 27.9. The van der Waals surface area contributed by atoms with Crippen LogP contribution in [0.5, 0.6) is 0 Å². The molecule has 0 radical (unpaired) electrons. The van der Waals surface area contributed by atoms with E-state index in [0.29, 0.717) is 5.56 Å². The Labute approximate surface area is 134 Å². The van der Waals surface area contributed by atoms with E-state index in [1.165, 1.54) is 16.2 Å². The van der Waals surface area contributed by atoms with Crippen molar-refractivity contribution in [3.8, 4) is 0 Å². The highest BCUT2D eigenvalue weighted by Gasteiger charge is 2.06. The SMILES string of the molecule is O=C(Nc1ccc2cc3ccccc3cc2c1)c1ccccc1. The van der Waals surface area contributed by atoms with Gasteiger partial charge in [-0.1, -0.05) is 48.5 Å². The molecule has 4 aromatic rings. The van der Waals surface area contributed by atoms with E-state index in [4.69, 9.17) is 0 Å². The molecule has 0 bridgehead atoms. The lowest BCUT2D eigenvalue weighted by atomic mass is 10.0. The van der Waals surface area contributed by atoms with Crippen LogP contribution in [0.2, 0.25) is 0 Å². The van der Waals surface area contributed by atoms with E-state index in [0.717, 1.165) is 11.1 Å². The average molecular weight is 297 g/mol. The van der Waals surface area contributed by atoms with Crippen molar-refractivity contribution < 1.29 is 4.79 Å². The molecular formula is C21H15NO. The van der Waals surface area contributed by atoms with Crippen LogP contribution in [0, 0.1) is 0 Å². The number of hydrogen-bond donors (Lipinski definition) is 1. The maximum Gasteiger partial charge on any atom is 0.255 e. The lowest BCUT2D eigenvalue weighted by molar-refractivity contribution is 0.102. The number of anilines is 1. The van der Waals surface area contributed by atoms with Crippen molar-refractivity contribution in [2.24, 2.45) is 0 Å². The molecule has 0 unspecified atom stereocenters. The van der Waals surface area contributed by atoms with Gasteiger partial charge in [0, 0.05) is 11.3 Å². The van der Waals surface area contributed by atoms with Gasteiger partial charge in [0.05, 0.1) is 0 Å². The largest absolute Gasteiger partial charge is 0.322 e. The fourth-order valence-electron chi connectivity index (χ4n) is 2.81. The minimum atomic E-state index is -0.0919. The summed E-state index contributed by atoms with van der Waals surface area (Å²) >= 11 is 0. The van der Waals surface area contributed by atoms with E-state index in [1.54, 1.807) is 0 Å². The zero-order valence-corrected chi connectivity index (χ0v) is 12.5. The van der Waals surface area contributed by atoms with E-state index in [2.05, 4.69) is 29.6 Å². The second-order valence-corrected chi connectivity index (χ2v) is 5.58. The van der Waals surface area contributed by atoms with Crippen LogP contribution in [0.1, 0.15) is 10.4 Å². The normalized spacial score (nSPS) is 10.8. The maximum atomic E-state index is 12.3. The fourth-order valence-corrected chi connectivity index (χ4v) is 2.81. The minimum Gasteiger partial charge on any atom is -0.322 e. The van der Waals surface area contributed by atoms with Gasteiger partial charge in [-0.3, -0.25) is 4.79 Å². The van der Waals surface area contributed by atoms with Crippen molar-refractivity contribution in [2.75, 3.05) is 5.32 Å². The van der Waals surface area contributed by atoms with Crippen molar-refractivity contribution in [1.29, 1.82) is 0 Å². The second-order valence-electron chi connectivity index (χ2n) is 5.58. The Morgan fingerprint density at radius 1 is 0.609 bits per heavy atom. The molecule has 0 aromatic heterocycles. The number of benzene rings is 4. The number of fused-ring (bicyclic) bond motifs is 2. The monoisotopic (exact) mass is 297 g/mol. The summed E-state index contributed by atoms with van der Waals surface area (Å²) in [4.78, 5) is 12.3. The molecule has 23 heavy (non-hydrogen) atoms. The van der Waals surface area contributed by atoms with Gasteiger partial charge in [-0.25, -0.2) is 0 Å². The van der Waals surface area contributed by atoms with E-state index >= 15 is 0 Å². The quantitative estimate of drug-likeness (QED) is 0.503. The molecule has 1 N–H and O–H groups in total. The first-order chi connectivity index (χ1) is 11.3. The molecule has 0 saturated carbocycles. The number of carbonyl (C=O) groups is 1. The van der Waals surface area contributed by atoms with E-state index in [1.807, 2.05) is 60.7 Å². The Morgan fingerprint density at radius 2 is 1.22 bits per heavy atom. The molecule has 2 nitrogen and oxygen atoms in total. The van der Waals surface area contributed by atoms with Gasteiger partial charge in [0.15, 0.2) is 0 Å². The highest BCUT2D eigenvalue weighted by molar-refractivity contribution is 6.06. The minimum absolute atomic E-state index is 0.0919. The van der Waals surface area contributed by atoms with Gasteiger partial charge in [-0.05, 0) is 57.9 Å². The molecule has 0 aliphatic heterocycles. The topological polar surface area (TPSA) is 29.1 Å². The fraction of sp³-hybridized carbons (Fsp3) is 0. The number of hydrogen-bond acceptors (Lipinski definition) is 1. The third-order valence-electron chi connectivity index (χ3n) is 4.00. The van der Waals surface area contributed by atoms with Crippen LogP contribution in [0.15, 0.2) is 84.9 Å². The first-order valence-electron chi connectivity index (χ1n) is 7.58. The smallest absolute Gasteiger partial charge is 0.255 e. The van der Waals surface area contributed by atoms with Crippen LogP contribution in [-0.2, 0) is 0 Å². The molecule has 4 rings (SSSR count). The Balaban J connectivity index is 1.71. The van der Waals surface area contributed by atoms with E-state index in [9.17, 15) is 4.79 Å². The van der Waals surface area contributed by atoms with Crippen LogP contribution >= 0.6 is 0 Å². The van der Waals surface area contributed by atoms with Crippen molar-refractivity contribution >= 4 is 33.1 Å². The zero-order valence-electron chi connectivity index (χ0n) is 12.5. The Hall–Kier alpha value is -3.13. The van der Waals surface area contributed by atoms with Crippen LogP contribution < -0.4 is 5.32 Å². The molecule has 1 amide bonds. The van der Waals surface area contributed by atoms with Crippen LogP contribution in [0.25, 0.3) is 21.5 Å². The highest BCUT2D eigenvalue weighted by Crippen LogP contribution is 2.25. The van der Waals surface area contributed by atoms with Crippen molar-refractivity contribution in [3.63, 3.8) is 0 Å². The third kappa shape index (κ3) is 2.67. The summed E-state index contributed by atoms with van der Waals surface area (Å²) in [6.45, 7) is 0. The van der Waals surface area contributed by atoms with Gasteiger partial charge in [0.2, 0.25) is 0 Å². The Kier molecular flexibility index (Phi) is 3.28. The van der Waals surface area contributed by atoms with Crippen molar-refractivity contribution in [1.82, 2.24) is 0 Å². The summed E-state index contributed by atoms with van der Waals surface area (Å²) < 4.78 is 0. The molecule has 2 heteroatoms. The number of nitrogens with one attached hydrogen (secondary N) is 1. The van der Waals surface area contributed by atoms with Gasteiger partial charge in [-0.2, -0.15) is 0 Å². The van der Waals surface area contributed by atoms with Crippen LogP contribution in [-0.4, -0.2) is 5.91 Å². The standard InChI is InChI=1S/C21H15NO/c23-21(15-6-2-1-3-7-15)22-20-11-10-18-12-16-8-4-5-9-17(16)13-19(18)14-20/h1-14H,(H,22,23). The summed E-state index contributed by atoms with van der Waals surface area (Å²) in [6.07, 6.45) is 0. The van der Waals surface area contributed by atoms with Crippen LogP contribution in [0.4, 0.5) is 5.69 Å². The Morgan fingerprint density at radius 3 is 1.96 bits per heavy atom. The third-order valence-corrected chi connectivity index (χ3v) is 4.00. The summed E-state index contributed by atoms with van der Waals surface area (Å²) in [5, 5.41) is 7.67. The Bertz CT molecular complexity index is 1010. The number of rotatable bonds is 2. The van der Waals surface area contributed by atoms with E-state index in [-0.39, 0.29) is 5.91 Å².